The van der Waals surface area contributed by atoms with Crippen molar-refractivity contribution in [3.63, 3.8) is 0 Å². The highest BCUT2D eigenvalue weighted by molar-refractivity contribution is 7.80. The summed E-state index contributed by atoms with van der Waals surface area (Å²) in [6.07, 6.45) is -7.09. The fourth-order valence-corrected chi connectivity index (χ4v) is 6.85. The molecule has 0 radical (unpaired) electrons. The molecule has 0 bridgehead atoms. The molecular weight excluding hydrogens is 628 g/mol. The number of methoxy groups -OCH3 is 1. The molecule has 16 heteroatoms. The summed E-state index contributed by atoms with van der Waals surface area (Å²) in [5.74, 6) is -1.20. The number of ether oxygens (including phenoxy) is 2. The lowest BCUT2D eigenvalue weighted by Crippen LogP contribution is -2.60. The molecule has 1 aliphatic carbocycles. The van der Waals surface area contributed by atoms with Crippen molar-refractivity contribution < 1.29 is 45.4 Å². The number of hydrogen-bond donors (Lipinski definition) is 0. The topological polar surface area (TPSA) is 89.3 Å². The Morgan fingerprint density at radius 2 is 1.78 bits per heavy atom. The largest absolute Gasteiger partial charge is 0.468 e. The number of thiocarbonyl (C=S) groups is 1. The van der Waals surface area contributed by atoms with Crippen LogP contribution in [-0.2, 0) is 25.2 Å². The minimum atomic E-state index is -4.79. The summed E-state index contributed by atoms with van der Waals surface area (Å²) >= 11 is 5.63. The summed E-state index contributed by atoms with van der Waals surface area (Å²) in [6, 6.07) is 2.62. The van der Waals surface area contributed by atoms with Crippen molar-refractivity contribution in [1.29, 1.82) is 5.26 Å². The molecule has 3 aliphatic rings. The molecule has 0 unspecified atom stereocenters. The maximum absolute atomic E-state index is 13.7. The van der Waals surface area contributed by atoms with E-state index in [1.165, 1.54) is 12.1 Å². The molecule has 1 aromatic rings. The quantitative estimate of drug-likeness (QED) is 0.229. The van der Waals surface area contributed by atoms with Gasteiger partial charge < -0.3 is 14.4 Å². The van der Waals surface area contributed by atoms with Gasteiger partial charge in [0, 0.05) is 32.2 Å². The van der Waals surface area contributed by atoms with Crippen molar-refractivity contribution in [3.8, 4) is 6.07 Å². The molecule has 4 rings (SSSR count). The third-order valence-electron chi connectivity index (χ3n) is 8.70. The molecule has 248 valence electrons. The van der Waals surface area contributed by atoms with Crippen molar-refractivity contribution in [1.82, 2.24) is 14.7 Å². The van der Waals surface area contributed by atoms with Gasteiger partial charge in [-0.1, -0.05) is 0 Å². The number of carbonyl (C=O) groups excluding carboxylic acids is 2. The standard InChI is InChI=1S/C29H35F6N5O4S/c1-27(2)25(42)39(20-5-4-18(15-36)22(14-20)28(30,31)32)26(45)40(27)19-6-8-21(9-7-19)44-13-12-37-10-11-38(17-24(41)43-3)23(16-37)29(33,34)35/h4-5,14,19,21,23H,6-13,16-17H2,1-3H3/t19-,21-,23-/m1/s1. The van der Waals surface area contributed by atoms with Crippen LogP contribution in [0, 0.1) is 11.3 Å². The van der Waals surface area contributed by atoms with Crippen molar-refractivity contribution in [3.05, 3.63) is 29.3 Å². The zero-order valence-electron chi connectivity index (χ0n) is 25.1. The second kappa shape index (κ2) is 13.4. The monoisotopic (exact) mass is 663 g/mol. The van der Waals surface area contributed by atoms with Crippen LogP contribution >= 0.6 is 12.2 Å². The Kier molecular flexibility index (Phi) is 10.4. The Hall–Kier alpha value is -3.00. The van der Waals surface area contributed by atoms with Crippen molar-refractivity contribution >= 4 is 34.9 Å². The predicted molar refractivity (Wildman–Crippen MR) is 154 cm³/mol. The first-order valence-corrected chi connectivity index (χ1v) is 14.9. The first kappa shape index (κ1) is 34.9. The summed E-state index contributed by atoms with van der Waals surface area (Å²) < 4.78 is 92.4. The van der Waals surface area contributed by atoms with E-state index >= 15 is 0 Å². The van der Waals surface area contributed by atoms with Crippen LogP contribution in [0.15, 0.2) is 18.2 Å². The number of nitriles is 1. The van der Waals surface area contributed by atoms with E-state index in [4.69, 9.17) is 22.2 Å². The van der Waals surface area contributed by atoms with E-state index in [-0.39, 0.29) is 49.2 Å². The van der Waals surface area contributed by atoms with Gasteiger partial charge >= 0.3 is 18.3 Å². The Balaban J connectivity index is 1.33. The minimum Gasteiger partial charge on any atom is -0.468 e. The molecule has 2 heterocycles. The smallest absolute Gasteiger partial charge is 0.417 e. The van der Waals surface area contributed by atoms with Gasteiger partial charge in [-0.05, 0) is 69.9 Å². The van der Waals surface area contributed by atoms with E-state index in [0.717, 1.165) is 29.0 Å². The van der Waals surface area contributed by atoms with Gasteiger partial charge in [0.15, 0.2) is 5.11 Å². The first-order valence-electron chi connectivity index (χ1n) is 14.5. The Morgan fingerprint density at radius 3 is 2.36 bits per heavy atom. The zero-order chi connectivity index (χ0) is 33.3. The van der Waals surface area contributed by atoms with Crippen LogP contribution < -0.4 is 4.90 Å². The number of hydrogen-bond acceptors (Lipinski definition) is 8. The number of anilines is 1. The van der Waals surface area contributed by atoms with Gasteiger partial charge in [-0.15, -0.1) is 0 Å². The fraction of sp³-hybridized carbons (Fsp3) is 0.655. The predicted octanol–water partition coefficient (Wildman–Crippen LogP) is 4.34. The van der Waals surface area contributed by atoms with E-state index < -0.39 is 53.5 Å². The number of amides is 1. The molecule has 0 aromatic heterocycles. The van der Waals surface area contributed by atoms with Gasteiger partial charge in [0.05, 0.1) is 49.2 Å². The van der Waals surface area contributed by atoms with E-state index in [0.29, 0.717) is 32.2 Å². The Labute approximate surface area is 262 Å². The number of halogens is 6. The summed E-state index contributed by atoms with van der Waals surface area (Å²) in [6.45, 7) is 3.52. The molecular formula is C29H35F6N5O4S. The highest BCUT2D eigenvalue weighted by atomic mass is 32.1. The van der Waals surface area contributed by atoms with Gasteiger partial charge in [0.1, 0.15) is 11.6 Å². The second-order valence-electron chi connectivity index (χ2n) is 11.9. The lowest BCUT2D eigenvalue weighted by molar-refractivity contribution is -0.199. The van der Waals surface area contributed by atoms with Crippen LogP contribution in [0.1, 0.15) is 50.7 Å². The van der Waals surface area contributed by atoms with Gasteiger partial charge in [0.25, 0.3) is 5.91 Å². The molecule has 0 N–H and O–H groups in total. The number of esters is 1. The van der Waals surface area contributed by atoms with Crippen LogP contribution in [0.2, 0.25) is 0 Å². The van der Waals surface area contributed by atoms with Gasteiger partial charge in [-0.25, -0.2) is 0 Å². The third kappa shape index (κ3) is 7.53. The van der Waals surface area contributed by atoms with Gasteiger partial charge in [0.2, 0.25) is 0 Å². The SMILES string of the molecule is COC(=O)CN1CCN(CCO[C@H]2CC[C@H](N3C(=S)N(c4ccc(C#N)c(C(F)(F)F)c4)C(=O)C3(C)C)CC2)C[C@@H]1C(F)(F)F. The zero-order valence-corrected chi connectivity index (χ0v) is 25.9. The van der Waals surface area contributed by atoms with Gasteiger partial charge in [-0.3, -0.25) is 24.3 Å². The van der Waals surface area contributed by atoms with E-state index in [1.807, 2.05) is 0 Å². The van der Waals surface area contributed by atoms with Crippen molar-refractivity contribution in [2.75, 3.05) is 51.3 Å². The second-order valence-corrected chi connectivity index (χ2v) is 12.3. The molecule has 9 nitrogen and oxygen atoms in total. The molecule has 2 aliphatic heterocycles. The number of nitrogens with zero attached hydrogens (tertiary/aromatic N) is 5. The molecule has 45 heavy (non-hydrogen) atoms. The highest BCUT2D eigenvalue weighted by Gasteiger charge is 2.53. The average Bonchev–Trinajstić information content (AvgIpc) is 3.15. The number of benzene rings is 1. The average molecular weight is 664 g/mol. The summed E-state index contributed by atoms with van der Waals surface area (Å²) in [5.41, 5.74) is -2.90. The van der Waals surface area contributed by atoms with Crippen LogP contribution in [0.5, 0.6) is 0 Å². The van der Waals surface area contributed by atoms with Crippen LogP contribution in [-0.4, -0.2) is 108 Å². The van der Waals surface area contributed by atoms with Crippen LogP contribution in [0.3, 0.4) is 0 Å². The lowest BCUT2D eigenvalue weighted by atomic mass is 9.89. The number of alkyl halides is 6. The van der Waals surface area contributed by atoms with Gasteiger partial charge in [-0.2, -0.15) is 31.6 Å². The molecule has 1 saturated carbocycles. The Bertz CT molecular complexity index is 1330. The third-order valence-corrected chi connectivity index (χ3v) is 9.08. The highest BCUT2D eigenvalue weighted by Crippen LogP contribution is 2.40. The molecule has 1 aromatic carbocycles. The van der Waals surface area contributed by atoms with E-state index in [9.17, 15) is 35.9 Å². The maximum atomic E-state index is 13.7. The van der Waals surface area contributed by atoms with E-state index in [2.05, 4.69) is 4.74 Å². The Morgan fingerprint density at radius 1 is 1.11 bits per heavy atom. The molecule has 0 spiro atoms. The normalized spacial score (nSPS) is 25.0. The van der Waals surface area contributed by atoms with E-state index in [1.54, 1.807) is 23.6 Å². The van der Waals surface area contributed by atoms with Crippen LogP contribution in [0.25, 0.3) is 0 Å². The molecule has 2 saturated heterocycles. The van der Waals surface area contributed by atoms with Crippen molar-refractivity contribution in [2.45, 2.75) is 75.6 Å². The molecule has 1 amide bonds. The number of rotatable bonds is 8. The minimum absolute atomic E-state index is 0.0612. The first-order chi connectivity index (χ1) is 21.0. The van der Waals surface area contributed by atoms with Crippen LogP contribution in [0.4, 0.5) is 32.0 Å². The summed E-state index contributed by atoms with van der Waals surface area (Å²) in [4.78, 5) is 30.6. The fourth-order valence-electron chi connectivity index (χ4n) is 6.28. The van der Waals surface area contributed by atoms with Crippen molar-refractivity contribution in [2.24, 2.45) is 0 Å². The molecule has 3 fully saturated rings. The summed E-state index contributed by atoms with van der Waals surface area (Å²) in [5, 5.41) is 9.21. The molecule has 1 atom stereocenters. The number of carbonyl (C=O) groups is 2. The number of piperazine rings is 1. The summed E-state index contributed by atoms with van der Waals surface area (Å²) in [7, 11) is 1.13. The lowest BCUT2D eigenvalue weighted by Gasteiger charge is -2.42. The maximum Gasteiger partial charge on any atom is 0.417 e.